The second kappa shape index (κ2) is 4.95. The average molecular weight is 244 g/mol. The van der Waals surface area contributed by atoms with Crippen LogP contribution in [-0.2, 0) is 6.42 Å². The van der Waals surface area contributed by atoms with Crippen LogP contribution in [0.5, 0.6) is 5.75 Å². The SMILES string of the molecule is CCOc1c(CC2CC2)cccc1[C@H](C)C1CC1. The minimum atomic E-state index is 0.672. The van der Waals surface area contributed by atoms with E-state index in [0.717, 1.165) is 18.4 Å². The highest BCUT2D eigenvalue weighted by Crippen LogP contribution is 2.46. The molecule has 2 aliphatic carbocycles. The summed E-state index contributed by atoms with van der Waals surface area (Å²) in [6.45, 7) is 5.25. The molecule has 1 atom stereocenters. The zero-order chi connectivity index (χ0) is 12.5. The van der Waals surface area contributed by atoms with Crippen molar-refractivity contribution >= 4 is 0 Å². The lowest BCUT2D eigenvalue weighted by Gasteiger charge is -2.19. The Labute approximate surface area is 111 Å². The maximum absolute atomic E-state index is 6.00. The topological polar surface area (TPSA) is 9.23 Å². The molecule has 0 spiro atoms. The monoisotopic (exact) mass is 244 g/mol. The van der Waals surface area contributed by atoms with Crippen LogP contribution in [0.25, 0.3) is 0 Å². The van der Waals surface area contributed by atoms with Crippen LogP contribution in [-0.4, -0.2) is 6.61 Å². The van der Waals surface area contributed by atoms with E-state index < -0.39 is 0 Å². The summed E-state index contributed by atoms with van der Waals surface area (Å²) in [5.74, 6) is 3.72. The summed E-state index contributed by atoms with van der Waals surface area (Å²) >= 11 is 0. The van der Waals surface area contributed by atoms with Crippen LogP contribution < -0.4 is 4.74 Å². The third kappa shape index (κ3) is 2.55. The molecule has 2 saturated carbocycles. The largest absolute Gasteiger partial charge is 0.493 e. The number of benzene rings is 1. The van der Waals surface area contributed by atoms with Crippen molar-refractivity contribution in [3.05, 3.63) is 29.3 Å². The van der Waals surface area contributed by atoms with Gasteiger partial charge in [0.05, 0.1) is 6.61 Å². The molecule has 0 N–H and O–H groups in total. The quantitative estimate of drug-likeness (QED) is 0.713. The molecule has 0 aliphatic heterocycles. The molecular formula is C17H24O. The van der Waals surface area contributed by atoms with E-state index in [0.29, 0.717) is 5.92 Å². The van der Waals surface area contributed by atoms with Gasteiger partial charge in [-0.1, -0.05) is 25.1 Å². The fourth-order valence-corrected chi connectivity index (χ4v) is 2.93. The minimum Gasteiger partial charge on any atom is -0.493 e. The molecule has 0 saturated heterocycles. The number of para-hydroxylation sites is 1. The van der Waals surface area contributed by atoms with Crippen LogP contribution in [0, 0.1) is 11.8 Å². The zero-order valence-electron chi connectivity index (χ0n) is 11.6. The van der Waals surface area contributed by atoms with Gasteiger partial charge in [-0.3, -0.25) is 0 Å². The average Bonchev–Trinajstić information content (AvgIpc) is 3.24. The zero-order valence-corrected chi connectivity index (χ0v) is 11.6. The maximum atomic E-state index is 6.00. The summed E-state index contributed by atoms with van der Waals surface area (Å²) < 4.78 is 6.00. The fraction of sp³-hybridized carbons (Fsp3) is 0.647. The van der Waals surface area contributed by atoms with Crippen LogP contribution in [0.3, 0.4) is 0 Å². The van der Waals surface area contributed by atoms with Crippen molar-refractivity contribution < 1.29 is 4.74 Å². The van der Waals surface area contributed by atoms with E-state index in [1.54, 1.807) is 0 Å². The molecule has 0 amide bonds. The molecule has 0 heterocycles. The molecule has 0 radical (unpaired) electrons. The Morgan fingerprint density at radius 1 is 1.22 bits per heavy atom. The standard InChI is InChI=1S/C17H24O/c1-3-18-17-15(11-13-7-8-13)5-4-6-16(17)12(2)14-9-10-14/h4-6,12-14H,3,7-11H2,1-2H3/t12-/m1/s1. The summed E-state index contributed by atoms with van der Waals surface area (Å²) in [6.07, 6.45) is 6.85. The van der Waals surface area contributed by atoms with Gasteiger partial charge in [0.1, 0.15) is 5.75 Å². The van der Waals surface area contributed by atoms with Crippen molar-refractivity contribution in [2.75, 3.05) is 6.61 Å². The number of hydrogen-bond donors (Lipinski definition) is 0. The second-order valence-corrected chi connectivity index (χ2v) is 6.04. The molecular weight excluding hydrogens is 220 g/mol. The molecule has 0 unspecified atom stereocenters. The van der Waals surface area contributed by atoms with E-state index in [4.69, 9.17) is 4.74 Å². The second-order valence-electron chi connectivity index (χ2n) is 6.04. The van der Waals surface area contributed by atoms with Crippen LogP contribution in [0.4, 0.5) is 0 Å². The van der Waals surface area contributed by atoms with Gasteiger partial charge in [0.15, 0.2) is 0 Å². The minimum absolute atomic E-state index is 0.672. The highest BCUT2D eigenvalue weighted by molar-refractivity contribution is 5.44. The van der Waals surface area contributed by atoms with Crippen molar-refractivity contribution in [3.8, 4) is 5.75 Å². The van der Waals surface area contributed by atoms with Crippen molar-refractivity contribution in [1.29, 1.82) is 0 Å². The molecule has 2 aliphatic rings. The molecule has 2 fully saturated rings. The Hall–Kier alpha value is -0.980. The van der Waals surface area contributed by atoms with Crippen molar-refractivity contribution in [2.24, 2.45) is 11.8 Å². The van der Waals surface area contributed by atoms with Gasteiger partial charge in [0.25, 0.3) is 0 Å². The van der Waals surface area contributed by atoms with Crippen LogP contribution in [0.15, 0.2) is 18.2 Å². The summed E-state index contributed by atoms with van der Waals surface area (Å²) in [5.41, 5.74) is 2.90. The van der Waals surface area contributed by atoms with Gasteiger partial charge < -0.3 is 4.74 Å². The van der Waals surface area contributed by atoms with Gasteiger partial charge in [-0.15, -0.1) is 0 Å². The smallest absolute Gasteiger partial charge is 0.125 e. The fourth-order valence-electron chi connectivity index (χ4n) is 2.93. The Bertz CT molecular complexity index is 416. The Morgan fingerprint density at radius 2 is 2.00 bits per heavy atom. The molecule has 98 valence electrons. The molecule has 1 aromatic carbocycles. The lowest BCUT2D eigenvalue weighted by atomic mass is 9.92. The molecule has 3 rings (SSSR count). The number of ether oxygens (including phenoxy) is 1. The highest BCUT2D eigenvalue weighted by atomic mass is 16.5. The van der Waals surface area contributed by atoms with Crippen LogP contribution in [0.2, 0.25) is 0 Å². The Kier molecular flexibility index (Phi) is 3.32. The van der Waals surface area contributed by atoms with Gasteiger partial charge in [-0.25, -0.2) is 0 Å². The van der Waals surface area contributed by atoms with E-state index in [1.807, 2.05) is 0 Å². The van der Waals surface area contributed by atoms with Gasteiger partial charge in [0, 0.05) is 0 Å². The maximum Gasteiger partial charge on any atom is 0.125 e. The molecule has 1 aromatic rings. The van der Waals surface area contributed by atoms with Crippen molar-refractivity contribution in [1.82, 2.24) is 0 Å². The first kappa shape index (κ1) is 12.1. The van der Waals surface area contributed by atoms with Crippen LogP contribution in [0.1, 0.15) is 56.6 Å². The molecule has 0 bridgehead atoms. The van der Waals surface area contributed by atoms with E-state index in [-0.39, 0.29) is 0 Å². The lowest BCUT2D eigenvalue weighted by Crippen LogP contribution is -2.05. The van der Waals surface area contributed by atoms with E-state index >= 15 is 0 Å². The van der Waals surface area contributed by atoms with Gasteiger partial charge in [-0.05, 0) is 67.9 Å². The summed E-state index contributed by atoms with van der Waals surface area (Å²) in [5, 5.41) is 0. The predicted octanol–water partition coefficient (Wildman–Crippen LogP) is 4.55. The van der Waals surface area contributed by atoms with E-state index in [9.17, 15) is 0 Å². The van der Waals surface area contributed by atoms with Gasteiger partial charge in [-0.2, -0.15) is 0 Å². The van der Waals surface area contributed by atoms with Crippen molar-refractivity contribution in [3.63, 3.8) is 0 Å². The number of hydrogen-bond acceptors (Lipinski definition) is 1. The highest BCUT2D eigenvalue weighted by Gasteiger charge is 2.32. The third-order valence-electron chi connectivity index (χ3n) is 4.44. The van der Waals surface area contributed by atoms with Crippen LogP contribution >= 0.6 is 0 Å². The third-order valence-corrected chi connectivity index (χ3v) is 4.44. The van der Waals surface area contributed by atoms with Gasteiger partial charge >= 0.3 is 0 Å². The first-order chi connectivity index (χ1) is 8.79. The normalized spacial score (nSPS) is 20.8. The molecule has 0 aromatic heterocycles. The van der Waals surface area contributed by atoms with Crippen molar-refractivity contribution in [2.45, 2.75) is 51.9 Å². The Morgan fingerprint density at radius 3 is 2.61 bits per heavy atom. The first-order valence-corrected chi connectivity index (χ1v) is 7.54. The predicted molar refractivity (Wildman–Crippen MR) is 75.2 cm³/mol. The summed E-state index contributed by atoms with van der Waals surface area (Å²) in [4.78, 5) is 0. The van der Waals surface area contributed by atoms with Gasteiger partial charge in [0.2, 0.25) is 0 Å². The molecule has 1 heteroatoms. The Balaban J connectivity index is 1.89. The summed E-state index contributed by atoms with van der Waals surface area (Å²) in [6, 6.07) is 6.78. The number of rotatable bonds is 6. The lowest BCUT2D eigenvalue weighted by molar-refractivity contribution is 0.329. The molecule has 1 nitrogen and oxygen atoms in total. The van der Waals surface area contributed by atoms with E-state index in [1.165, 1.54) is 49.0 Å². The summed E-state index contributed by atoms with van der Waals surface area (Å²) in [7, 11) is 0. The first-order valence-electron chi connectivity index (χ1n) is 7.54. The van der Waals surface area contributed by atoms with E-state index in [2.05, 4.69) is 32.0 Å². The molecule has 18 heavy (non-hydrogen) atoms.